The predicted molar refractivity (Wildman–Crippen MR) is 78.5 cm³/mol. The van der Waals surface area contributed by atoms with E-state index in [0.717, 1.165) is 34.0 Å². The molecular weight excluding hydrogens is 250 g/mol. The second-order valence-electron chi connectivity index (χ2n) is 4.54. The van der Waals surface area contributed by atoms with Crippen LogP contribution in [0.4, 0.5) is 0 Å². The maximum absolute atomic E-state index is 5.18. The molecule has 0 saturated heterocycles. The lowest BCUT2D eigenvalue weighted by molar-refractivity contribution is 0.415. The van der Waals surface area contributed by atoms with E-state index in [1.54, 1.807) is 7.11 Å². The van der Waals surface area contributed by atoms with Crippen molar-refractivity contribution in [1.82, 2.24) is 15.2 Å². The van der Waals surface area contributed by atoms with Crippen molar-refractivity contribution in [2.45, 2.75) is 6.92 Å². The lowest BCUT2D eigenvalue weighted by Crippen LogP contribution is -1.89. The van der Waals surface area contributed by atoms with Gasteiger partial charge in [0.05, 0.1) is 12.8 Å². The fraction of sp³-hybridized carbons (Fsp3) is 0.125. The van der Waals surface area contributed by atoms with Gasteiger partial charge < -0.3 is 4.74 Å². The van der Waals surface area contributed by atoms with E-state index in [9.17, 15) is 0 Å². The Morgan fingerprint density at radius 2 is 1.85 bits per heavy atom. The van der Waals surface area contributed by atoms with E-state index in [1.807, 2.05) is 55.6 Å². The Kier molecular flexibility index (Phi) is 3.21. The molecule has 0 fully saturated rings. The van der Waals surface area contributed by atoms with Crippen molar-refractivity contribution in [1.29, 1.82) is 0 Å². The number of methoxy groups -OCH3 is 1. The van der Waals surface area contributed by atoms with Gasteiger partial charge in [0, 0.05) is 17.5 Å². The highest BCUT2D eigenvalue weighted by molar-refractivity contribution is 5.78. The molecular formula is C16H15N3O. The van der Waals surface area contributed by atoms with Crippen LogP contribution >= 0.6 is 0 Å². The van der Waals surface area contributed by atoms with Crippen LogP contribution in [0.5, 0.6) is 5.75 Å². The smallest absolute Gasteiger partial charge is 0.118 e. The normalized spacial score (nSPS) is 10.5. The predicted octanol–water partition coefficient (Wildman–Crippen LogP) is 3.46. The van der Waals surface area contributed by atoms with Crippen molar-refractivity contribution >= 4 is 0 Å². The fourth-order valence-electron chi connectivity index (χ4n) is 2.15. The Bertz CT molecular complexity index is 717. The number of nitrogens with one attached hydrogen (secondary N) is 1. The zero-order chi connectivity index (χ0) is 13.9. The number of pyridine rings is 1. The van der Waals surface area contributed by atoms with Crippen LogP contribution in [0.3, 0.4) is 0 Å². The van der Waals surface area contributed by atoms with Crippen molar-refractivity contribution < 1.29 is 4.74 Å². The van der Waals surface area contributed by atoms with Crippen LogP contribution in [0.15, 0.2) is 48.7 Å². The molecule has 0 aliphatic carbocycles. The molecule has 0 unspecified atom stereocenters. The Hall–Kier alpha value is -2.62. The third-order valence-corrected chi connectivity index (χ3v) is 3.17. The van der Waals surface area contributed by atoms with Crippen LogP contribution in [0.2, 0.25) is 0 Å². The number of ether oxygens (including phenoxy) is 1. The molecule has 0 radical (unpaired) electrons. The first-order valence-electron chi connectivity index (χ1n) is 6.40. The van der Waals surface area contributed by atoms with Crippen LogP contribution in [-0.4, -0.2) is 22.3 Å². The Balaban J connectivity index is 2.05. The molecule has 100 valence electrons. The maximum atomic E-state index is 5.18. The summed E-state index contributed by atoms with van der Waals surface area (Å²) in [5, 5.41) is 7.25. The summed E-state index contributed by atoms with van der Waals surface area (Å²) in [4.78, 5) is 4.53. The first-order chi connectivity index (χ1) is 9.78. The van der Waals surface area contributed by atoms with Gasteiger partial charge in [0.1, 0.15) is 11.4 Å². The number of benzene rings is 1. The SMILES string of the molecule is COc1ccc(-c2c[nH]nc2-c2cccc(C)n2)cc1. The largest absolute Gasteiger partial charge is 0.497 e. The lowest BCUT2D eigenvalue weighted by atomic mass is 10.0. The molecule has 20 heavy (non-hydrogen) atoms. The third-order valence-electron chi connectivity index (χ3n) is 3.17. The topological polar surface area (TPSA) is 50.8 Å². The second kappa shape index (κ2) is 5.17. The van der Waals surface area contributed by atoms with Gasteiger partial charge >= 0.3 is 0 Å². The zero-order valence-corrected chi connectivity index (χ0v) is 11.4. The first kappa shape index (κ1) is 12.4. The molecule has 4 heteroatoms. The van der Waals surface area contributed by atoms with Crippen molar-refractivity contribution in [3.05, 3.63) is 54.4 Å². The molecule has 0 aliphatic heterocycles. The average Bonchev–Trinajstić information content (AvgIpc) is 2.97. The van der Waals surface area contributed by atoms with Crippen LogP contribution in [0.1, 0.15) is 5.69 Å². The molecule has 0 saturated carbocycles. The van der Waals surface area contributed by atoms with E-state index < -0.39 is 0 Å². The summed E-state index contributed by atoms with van der Waals surface area (Å²) in [6, 6.07) is 13.8. The van der Waals surface area contributed by atoms with Crippen molar-refractivity contribution in [3.8, 4) is 28.3 Å². The molecule has 2 heterocycles. The number of H-pyrrole nitrogens is 1. The maximum Gasteiger partial charge on any atom is 0.118 e. The van der Waals surface area contributed by atoms with Gasteiger partial charge in [0.2, 0.25) is 0 Å². The lowest BCUT2D eigenvalue weighted by Gasteiger charge is -2.04. The quantitative estimate of drug-likeness (QED) is 0.789. The highest BCUT2D eigenvalue weighted by Crippen LogP contribution is 2.30. The van der Waals surface area contributed by atoms with Crippen LogP contribution < -0.4 is 4.74 Å². The summed E-state index contributed by atoms with van der Waals surface area (Å²) in [6.45, 7) is 1.98. The molecule has 0 aliphatic rings. The van der Waals surface area contributed by atoms with E-state index >= 15 is 0 Å². The van der Waals surface area contributed by atoms with Gasteiger partial charge in [-0.25, -0.2) is 0 Å². The minimum absolute atomic E-state index is 0.840. The monoisotopic (exact) mass is 265 g/mol. The first-order valence-corrected chi connectivity index (χ1v) is 6.40. The van der Waals surface area contributed by atoms with Crippen molar-refractivity contribution in [2.24, 2.45) is 0 Å². The summed E-state index contributed by atoms with van der Waals surface area (Å²) in [5.41, 5.74) is 4.82. The zero-order valence-electron chi connectivity index (χ0n) is 11.4. The fourth-order valence-corrected chi connectivity index (χ4v) is 2.15. The number of nitrogens with zero attached hydrogens (tertiary/aromatic N) is 2. The molecule has 3 aromatic rings. The van der Waals surface area contributed by atoms with Crippen LogP contribution in [0.25, 0.3) is 22.5 Å². The standard InChI is InChI=1S/C16H15N3O/c1-11-4-3-5-15(18-11)16-14(10-17-19-16)12-6-8-13(20-2)9-7-12/h3-10H,1-2H3,(H,17,19). The number of aromatic nitrogens is 3. The molecule has 0 bridgehead atoms. The van der Waals surface area contributed by atoms with E-state index in [1.165, 1.54) is 0 Å². The summed E-state index contributed by atoms with van der Waals surface area (Å²) in [7, 11) is 1.66. The van der Waals surface area contributed by atoms with Crippen LogP contribution in [-0.2, 0) is 0 Å². The summed E-state index contributed by atoms with van der Waals surface area (Å²) in [6.07, 6.45) is 1.89. The number of aromatic amines is 1. The molecule has 0 amide bonds. The van der Waals surface area contributed by atoms with Crippen molar-refractivity contribution in [2.75, 3.05) is 7.11 Å². The van der Waals surface area contributed by atoms with Gasteiger partial charge in [-0.15, -0.1) is 0 Å². The molecule has 0 atom stereocenters. The Morgan fingerprint density at radius 3 is 2.55 bits per heavy atom. The van der Waals surface area contributed by atoms with Crippen LogP contribution in [0, 0.1) is 6.92 Å². The number of hydrogen-bond acceptors (Lipinski definition) is 3. The Morgan fingerprint density at radius 1 is 1.05 bits per heavy atom. The van der Waals surface area contributed by atoms with E-state index in [0.29, 0.717) is 0 Å². The molecule has 1 aromatic carbocycles. The molecule has 2 aromatic heterocycles. The summed E-state index contributed by atoms with van der Waals surface area (Å²) in [5.74, 6) is 0.840. The third kappa shape index (κ3) is 2.28. The molecule has 3 rings (SSSR count). The second-order valence-corrected chi connectivity index (χ2v) is 4.54. The molecule has 4 nitrogen and oxygen atoms in total. The van der Waals surface area contributed by atoms with Gasteiger partial charge in [-0.2, -0.15) is 5.10 Å². The van der Waals surface area contributed by atoms with Gasteiger partial charge in [0.25, 0.3) is 0 Å². The molecule has 0 spiro atoms. The van der Waals surface area contributed by atoms with E-state index in [2.05, 4.69) is 15.2 Å². The van der Waals surface area contributed by atoms with E-state index in [-0.39, 0.29) is 0 Å². The summed E-state index contributed by atoms with van der Waals surface area (Å²) >= 11 is 0. The van der Waals surface area contributed by atoms with Crippen molar-refractivity contribution in [3.63, 3.8) is 0 Å². The average molecular weight is 265 g/mol. The number of rotatable bonds is 3. The Labute approximate surface area is 117 Å². The number of hydrogen-bond donors (Lipinski definition) is 1. The minimum Gasteiger partial charge on any atom is -0.497 e. The molecule has 1 N–H and O–H groups in total. The highest BCUT2D eigenvalue weighted by atomic mass is 16.5. The highest BCUT2D eigenvalue weighted by Gasteiger charge is 2.11. The minimum atomic E-state index is 0.840. The summed E-state index contributed by atoms with van der Waals surface area (Å²) < 4.78 is 5.18. The number of aryl methyl sites for hydroxylation is 1. The van der Waals surface area contributed by atoms with Gasteiger partial charge in [0.15, 0.2) is 0 Å². The van der Waals surface area contributed by atoms with Gasteiger partial charge in [-0.05, 0) is 36.8 Å². The van der Waals surface area contributed by atoms with E-state index in [4.69, 9.17) is 4.74 Å². The van der Waals surface area contributed by atoms with Gasteiger partial charge in [-0.1, -0.05) is 18.2 Å². The van der Waals surface area contributed by atoms with Gasteiger partial charge in [-0.3, -0.25) is 10.1 Å².